The molecule has 5 atom stereocenters. The summed E-state index contributed by atoms with van der Waals surface area (Å²) in [5, 5.41) is 32.2. The molecule has 1 heterocycles. The van der Waals surface area contributed by atoms with Gasteiger partial charge in [-0.05, 0) is 39.2 Å². The number of aliphatic hydroxyl groups excluding tert-OH is 1. The van der Waals surface area contributed by atoms with Crippen molar-refractivity contribution in [2.45, 2.75) is 75.7 Å². The molecule has 0 bridgehead atoms. The van der Waals surface area contributed by atoms with Crippen molar-refractivity contribution in [1.82, 2.24) is 15.5 Å². The van der Waals surface area contributed by atoms with Crippen molar-refractivity contribution in [1.29, 1.82) is 0 Å². The molecule has 5 unspecified atom stereocenters. The maximum Gasteiger partial charge on any atom is 0.326 e. The number of carbonyl (C=O) groups excluding carboxylic acids is 3. The number of hydrogen-bond acceptors (Lipinski definition) is 8. The summed E-state index contributed by atoms with van der Waals surface area (Å²) in [6.07, 6.45) is 0.383. The van der Waals surface area contributed by atoms with Crippen LogP contribution in [-0.4, -0.2) is 93.2 Å². The number of carboxylic acids is 2. The van der Waals surface area contributed by atoms with Crippen LogP contribution in [0.4, 0.5) is 0 Å². The Bertz CT molecular complexity index is 701. The predicted octanol–water partition coefficient (Wildman–Crippen LogP) is -2.66. The van der Waals surface area contributed by atoms with Crippen molar-refractivity contribution in [2.75, 3.05) is 13.1 Å². The van der Waals surface area contributed by atoms with Crippen LogP contribution >= 0.6 is 0 Å². The van der Waals surface area contributed by atoms with E-state index in [-0.39, 0.29) is 0 Å². The highest BCUT2D eigenvalue weighted by atomic mass is 16.4. The van der Waals surface area contributed by atoms with Crippen LogP contribution in [0.25, 0.3) is 0 Å². The summed E-state index contributed by atoms with van der Waals surface area (Å²) >= 11 is 0. The molecule has 0 aromatic rings. The van der Waals surface area contributed by atoms with Gasteiger partial charge in [-0.3, -0.25) is 19.2 Å². The molecule has 0 spiro atoms. The van der Waals surface area contributed by atoms with E-state index in [0.29, 0.717) is 38.8 Å². The predicted molar refractivity (Wildman–Crippen MR) is 111 cm³/mol. The minimum Gasteiger partial charge on any atom is -0.481 e. The van der Waals surface area contributed by atoms with Gasteiger partial charge in [0.2, 0.25) is 17.7 Å². The van der Waals surface area contributed by atoms with Crippen LogP contribution in [0.1, 0.15) is 45.4 Å². The van der Waals surface area contributed by atoms with Crippen LogP contribution in [0.2, 0.25) is 0 Å². The lowest BCUT2D eigenvalue weighted by atomic mass is 10.1. The van der Waals surface area contributed by atoms with Crippen LogP contribution in [0.15, 0.2) is 0 Å². The number of aliphatic carboxylic acids is 2. The number of aliphatic hydroxyl groups is 1. The Morgan fingerprint density at radius 1 is 1.12 bits per heavy atom. The molecule has 182 valence electrons. The monoisotopic (exact) mass is 459 g/mol. The molecule has 1 aliphatic rings. The van der Waals surface area contributed by atoms with E-state index >= 15 is 0 Å². The number of nitrogens with two attached hydrogens (primary N) is 2. The largest absolute Gasteiger partial charge is 0.481 e. The highest BCUT2D eigenvalue weighted by Gasteiger charge is 2.38. The zero-order valence-electron chi connectivity index (χ0n) is 18.0. The molecule has 0 saturated carbocycles. The minimum absolute atomic E-state index is 0.312. The molecule has 9 N–H and O–H groups in total. The highest BCUT2D eigenvalue weighted by Crippen LogP contribution is 2.19. The lowest BCUT2D eigenvalue weighted by Gasteiger charge is -2.29. The number of nitrogens with one attached hydrogen (secondary N) is 2. The van der Waals surface area contributed by atoms with Gasteiger partial charge < -0.3 is 42.3 Å². The van der Waals surface area contributed by atoms with Crippen molar-refractivity contribution >= 4 is 29.7 Å². The maximum atomic E-state index is 12.8. The van der Waals surface area contributed by atoms with Crippen molar-refractivity contribution in [3.63, 3.8) is 0 Å². The molecule has 13 nitrogen and oxygen atoms in total. The van der Waals surface area contributed by atoms with Gasteiger partial charge in [-0.2, -0.15) is 0 Å². The van der Waals surface area contributed by atoms with Gasteiger partial charge in [-0.1, -0.05) is 6.42 Å². The number of likely N-dealkylation sites (tertiary alicyclic amines) is 1. The lowest BCUT2D eigenvalue weighted by molar-refractivity contribution is -0.148. The maximum absolute atomic E-state index is 12.8. The first-order chi connectivity index (χ1) is 15.0. The summed E-state index contributed by atoms with van der Waals surface area (Å²) in [5.41, 5.74) is 11.4. The van der Waals surface area contributed by atoms with Gasteiger partial charge in [-0.15, -0.1) is 0 Å². The topological polar surface area (TPSA) is 225 Å². The molecule has 32 heavy (non-hydrogen) atoms. The van der Waals surface area contributed by atoms with E-state index in [2.05, 4.69) is 5.32 Å². The number of hydrogen-bond donors (Lipinski definition) is 7. The SMILES string of the molecule is CC(O)C(NC(=O)C1CCCN1C(=O)C(N)CCCCN)C(=O)NC(CC(=O)O)C(=O)O. The summed E-state index contributed by atoms with van der Waals surface area (Å²) in [5.74, 6) is -5.18. The van der Waals surface area contributed by atoms with Crippen molar-refractivity contribution < 1.29 is 39.3 Å². The van der Waals surface area contributed by atoms with E-state index < -0.39 is 66.4 Å². The van der Waals surface area contributed by atoms with Crippen LogP contribution in [0.3, 0.4) is 0 Å². The fraction of sp³-hybridized carbons (Fsp3) is 0.737. The Balaban J connectivity index is 2.83. The Hall–Kier alpha value is -2.77. The fourth-order valence-corrected chi connectivity index (χ4v) is 3.44. The van der Waals surface area contributed by atoms with Gasteiger partial charge >= 0.3 is 11.9 Å². The van der Waals surface area contributed by atoms with E-state index in [1.54, 1.807) is 0 Å². The standard InChI is InChI=1S/C19H33N5O8/c1-10(25)15(17(29)22-12(19(31)32)9-14(26)27)23-16(28)13-6-4-8-24(13)18(30)11(21)5-2-3-7-20/h10-13,15,25H,2-9,20-21H2,1H3,(H,22,29)(H,23,28)(H,26,27)(H,31,32). The van der Waals surface area contributed by atoms with Gasteiger partial charge in [0, 0.05) is 6.54 Å². The molecule has 0 radical (unpaired) electrons. The first-order valence-corrected chi connectivity index (χ1v) is 10.5. The van der Waals surface area contributed by atoms with Crippen LogP contribution in [0, 0.1) is 0 Å². The normalized spacial score (nSPS) is 19.5. The van der Waals surface area contributed by atoms with Crippen LogP contribution in [-0.2, 0) is 24.0 Å². The zero-order chi connectivity index (χ0) is 24.4. The molecular formula is C19H33N5O8. The van der Waals surface area contributed by atoms with Gasteiger partial charge in [0.05, 0.1) is 18.6 Å². The second-order valence-corrected chi connectivity index (χ2v) is 7.80. The third kappa shape index (κ3) is 8.05. The van der Waals surface area contributed by atoms with Gasteiger partial charge in [0.1, 0.15) is 18.1 Å². The van der Waals surface area contributed by atoms with Crippen LogP contribution in [0.5, 0.6) is 0 Å². The minimum atomic E-state index is -1.74. The second-order valence-electron chi connectivity index (χ2n) is 7.80. The smallest absolute Gasteiger partial charge is 0.326 e. The van der Waals surface area contributed by atoms with Crippen molar-refractivity contribution in [3.05, 3.63) is 0 Å². The second kappa shape index (κ2) is 12.9. The first kappa shape index (κ1) is 27.3. The summed E-state index contributed by atoms with van der Waals surface area (Å²) in [6.45, 7) is 2.00. The van der Waals surface area contributed by atoms with E-state index in [1.807, 2.05) is 5.32 Å². The molecule has 1 saturated heterocycles. The molecule has 3 amide bonds. The quantitative estimate of drug-likeness (QED) is 0.141. The van der Waals surface area contributed by atoms with Crippen molar-refractivity contribution in [3.8, 4) is 0 Å². The summed E-state index contributed by atoms with van der Waals surface area (Å²) in [4.78, 5) is 61.2. The molecule has 1 aliphatic heterocycles. The van der Waals surface area contributed by atoms with Gasteiger partial charge in [0.25, 0.3) is 0 Å². The number of nitrogens with zero attached hydrogens (tertiary/aromatic N) is 1. The molecule has 0 aromatic carbocycles. The zero-order valence-corrected chi connectivity index (χ0v) is 18.0. The Kier molecular flexibility index (Phi) is 11.0. The van der Waals surface area contributed by atoms with Gasteiger partial charge in [0.15, 0.2) is 0 Å². The summed E-state index contributed by atoms with van der Waals surface area (Å²) in [6, 6.07) is -4.98. The highest BCUT2D eigenvalue weighted by molar-refractivity contribution is 5.95. The average Bonchev–Trinajstić information content (AvgIpc) is 3.20. The molecule has 1 rings (SSSR count). The van der Waals surface area contributed by atoms with Gasteiger partial charge in [-0.25, -0.2) is 4.79 Å². The number of carbonyl (C=O) groups is 5. The Labute approximate surface area is 185 Å². The average molecular weight is 460 g/mol. The molecule has 13 heteroatoms. The van der Waals surface area contributed by atoms with Crippen molar-refractivity contribution in [2.24, 2.45) is 11.5 Å². The third-order valence-corrected chi connectivity index (χ3v) is 5.18. The Morgan fingerprint density at radius 3 is 2.31 bits per heavy atom. The number of amides is 3. The van der Waals surface area contributed by atoms with E-state index in [0.717, 1.165) is 6.42 Å². The molecule has 0 aromatic heterocycles. The Morgan fingerprint density at radius 2 is 1.78 bits per heavy atom. The van der Waals surface area contributed by atoms with E-state index in [9.17, 15) is 29.1 Å². The molecule has 0 aliphatic carbocycles. The van der Waals surface area contributed by atoms with E-state index in [4.69, 9.17) is 21.7 Å². The lowest BCUT2D eigenvalue weighted by Crippen LogP contribution is -2.59. The first-order valence-electron chi connectivity index (χ1n) is 10.5. The van der Waals surface area contributed by atoms with E-state index in [1.165, 1.54) is 11.8 Å². The molecular weight excluding hydrogens is 426 g/mol. The van der Waals surface area contributed by atoms with Crippen LogP contribution < -0.4 is 22.1 Å². The fourth-order valence-electron chi connectivity index (χ4n) is 3.44. The number of rotatable bonds is 13. The summed E-state index contributed by atoms with van der Waals surface area (Å²) < 4.78 is 0. The summed E-state index contributed by atoms with van der Waals surface area (Å²) in [7, 11) is 0. The number of unbranched alkanes of at least 4 members (excludes halogenated alkanes) is 1. The molecule has 1 fully saturated rings. The third-order valence-electron chi connectivity index (χ3n) is 5.18. The number of carboxylic acid groups (broad SMARTS) is 2.